The van der Waals surface area contributed by atoms with Crippen molar-refractivity contribution in [3.8, 4) is 0 Å². The molecule has 1 fully saturated rings. The minimum atomic E-state index is -1.54. The van der Waals surface area contributed by atoms with Crippen molar-refractivity contribution in [1.82, 2.24) is 5.32 Å². The number of carbonyl (C=O) groups is 2. The van der Waals surface area contributed by atoms with E-state index in [1.54, 1.807) is 13.8 Å². The molecule has 0 aromatic heterocycles. The number of nitrogens with one attached hydrogen (secondary N) is 1. The maximum atomic E-state index is 11.8. The molecule has 11 heteroatoms. The van der Waals surface area contributed by atoms with Gasteiger partial charge in [0.1, 0.15) is 31.0 Å². The Morgan fingerprint density at radius 3 is 2.24 bits per heavy atom. The Balaban J connectivity index is 2.76. The Morgan fingerprint density at radius 2 is 1.69 bits per heavy atom. The molecule has 6 unspecified atom stereocenters. The predicted molar refractivity (Wildman–Crippen MR) is 98.9 cm³/mol. The van der Waals surface area contributed by atoms with Crippen LogP contribution in [0.3, 0.4) is 0 Å². The van der Waals surface area contributed by atoms with Crippen LogP contribution in [0.5, 0.6) is 0 Å². The summed E-state index contributed by atoms with van der Waals surface area (Å²) >= 11 is 0. The van der Waals surface area contributed by atoms with Gasteiger partial charge in [0.05, 0.1) is 31.0 Å². The Labute approximate surface area is 169 Å². The normalized spacial score (nSPS) is 30.4. The van der Waals surface area contributed by atoms with Crippen LogP contribution in [-0.4, -0.2) is 104 Å². The van der Waals surface area contributed by atoms with Crippen molar-refractivity contribution >= 4 is 11.9 Å². The molecule has 1 rings (SSSR count). The van der Waals surface area contributed by atoms with Crippen molar-refractivity contribution in [2.75, 3.05) is 13.2 Å². The number of aliphatic hydroxyl groups is 5. The van der Waals surface area contributed by atoms with E-state index >= 15 is 0 Å². The lowest BCUT2D eigenvalue weighted by Crippen LogP contribution is -2.59. The third kappa shape index (κ3) is 7.78. The van der Waals surface area contributed by atoms with E-state index in [9.17, 15) is 35.1 Å². The summed E-state index contributed by atoms with van der Waals surface area (Å²) in [6.07, 6.45) is -8.10. The summed E-state index contributed by atoms with van der Waals surface area (Å²) in [4.78, 5) is 22.3. The third-order valence-electron chi connectivity index (χ3n) is 4.97. The lowest BCUT2D eigenvalue weighted by atomic mass is 9.90. The van der Waals surface area contributed by atoms with Gasteiger partial charge < -0.3 is 45.4 Å². The topological polar surface area (TPSA) is 186 Å². The van der Waals surface area contributed by atoms with Gasteiger partial charge in [-0.25, -0.2) is 4.79 Å². The average molecular weight is 423 g/mol. The van der Waals surface area contributed by atoms with Gasteiger partial charge in [0.25, 0.3) is 0 Å². The number of ether oxygens (including phenoxy) is 2. The molecule has 0 aliphatic carbocycles. The molecule has 1 aliphatic rings. The highest BCUT2D eigenvalue weighted by Crippen LogP contribution is 2.25. The van der Waals surface area contributed by atoms with Crippen LogP contribution in [0.25, 0.3) is 0 Å². The van der Waals surface area contributed by atoms with Gasteiger partial charge in [-0.2, -0.15) is 0 Å². The molecular formula is C18H33NO10. The zero-order valence-electron chi connectivity index (χ0n) is 16.7. The number of rotatable bonds is 12. The summed E-state index contributed by atoms with van der Waals surface area (Å²) in [6, 6.07) is -0.807. The van der Waals surface area contributed by atoms with Crippen LogP contribution >= 0.6 is 0 Å². The Morgan fingerprint density at radius 1 is 1.07 bits per heavy atom. The average Bonchev–Trinajstić information content (AvgIpc) is 2.70. The first-order chi connectivity index (χ1) is 13.6. The molecule has 8 atom stereocenters. The Hall–Kier alpha value is -1.34. The molecule has 170 valence electrons. The van der Waals surface area contributed by atoms with Gasteiger partial charge in [-0.3, -0.25) is 4.79 Å². The first-order valence-corrected chi connectivity index (χ1v) is 9.76. The number of hydrogen-bond acceptors (Lipinski definition) is 9. The number of aliphatic hydroxyl groups excluding tert-OH is 5. The highest BCUT2D eigenvalue weighted by molar-refractivity contribution is 5.75. The van der Waals surface area contributed by atoms with Crippen LogP contribution in [0.15, 0.2) is 0 Å². The van der Waals surface area contributed by atoms with Gasteiger partial charge in [-0.1, -0.05) is 13.8 Å². The maximum Gasteiger partial charge on any atom is 0.329 e. The first kappa shape index (κ1) is 25.7. The number of hydrogen-bond donors (Lipinski definition) is 7. The molecule has 0 aromatic carbocycles. The molecule has 1 saturated heterocycles. The van der Waals surface area contributed by atoms with E-state index in [0.717, 1.165) is 0 Å². The van der Waals surface area contributed by atoms with Crippen molar-refractivity contribution in [2.45, 2.75) is 88.3 Å². The first-order valence-electron chi connectivity index (χ1n) is 9.76. The minimum Gasteiger partial charge on any atom is -0.480 e. The molecule has 0 spiro atoms. The molecule has 1 heterocycles. The van der Waals surface area contributed by atoms with Crippen LogP contribution in [0.2, 0.25) is 0 Å². The molecule has 11 nitrogen and oxygen atoms in total. The number of carbonyl (C=O) groups excluding carboxylic acids is 1. The summed E-state index contributed by atoms with van der Waals surface area (Å²) in [6.45, 7) is 2.41. The molecule has 29 heavy (non-hydrogen) atoms. The summed E-state index contributed by atoms with van der Waals surface area (Å²) in [5.41, 5.74) is 0. The molecule has 7 N–H and O–H groups in total. The second-order valence-corrected chi connectivity index (χ2v) is 7.16. The molecule has 1 aliphatic heterocycles. The van der Waals surface area contributed by atoms with Gasteiger partial charge in [0, 0.05) is 6.42 Å². The van der Waals surface area contributed by atoms with Crippen LogP contribution in [0, 0.1) is 0 Å². The lowest BCUT2D eigenvalue weighted by Gasteiger charge is -2.41. The third-order valence-corrected chi connectivity index (χ3v) is 4.97. The molecule has 0 aromatic rings. The van der Waals surface area contributed by atoms with E-state index in [0.29, 0.717) is 0 Å². The van der Waals surface area contributed by atoms with E-state index < -0.39 is 61.3 Å². The van der Waals surface area contributed by atoms with Crippen LogP contribution in [-0.2, 0) is 19.1 Å². The van der Waals surface area contributed by atoms with Gasteiger partial charge in [-0.05, 0) is 19.3 Å². The molecular weight excluding hydrogens is 390 g/mol. The monoisotopic (exact) mass is 423 g/mol. The maximum absolute atomic E-state index is 11.8. The van der Waals surface area contributed by atoms with Crippen LogP contribution < -0.4 is 5.32 Å². The van der Waals surface area contributed by atoms with Crippen LogP contribution in [0.4, 0.5) is 0 Å². The highest BCUT2D eigenvalue weighted by Gasteiger charge is 2.44. The fourth-order valence-electron chi connectivity index (χ4n) is 3.16. The van der Waals surface area contributed by atoms with Gasteiger partial charge >= 0.3 is 5.97 Å². The summed E-state index contributed by atoms with van der Waals surface area (Å²) in [5, 5.41) is 61.7. The quantitative estimate of drug-likeness (QED) is 0.181. The fraction of sp³-hybridized carbons (Fsp3) is 0.889. The predicted octanol–water partition coefficient (Wildman–Crippen LogP) is -2.26. The van der Waals surface area contributed by atoms with Crippen molar-refractivity contribution in [3.63, 3.8) is 0 Å². The van der Waals surface area contributed by atoms with E-state index in [1.165, 1.54) is 0 Å². The summed E-state index contributed by atoms with van der Waals surface area (Å²) in [5.74, 6) is -1.52. The molecule has 0 bridgehead atoms. The Bertz CT molecular complexity index is 519. The number of carboxylic acid groups (broad SMARTS) is 1. The second-order valence-electron chi connectivity index (χ2n) is 7.16. The standard InChI is InChI=1S/C18H33NO10/c1-3-10(20)15(24)9(19-13(21)4-2)5-6-11-16(25)18(27)17(26)12(29-11)7-28-8-14(22)23/h9-12,15-18,20,24-27H,3-8H2,1-2H3,(H,19,21)(H,22,23)/t9?,10?,11-,12?,15?,16?,17-,18?/m0/s1. The molecule has 1 amide bonds. The van der Waals surface area contributed by atoms with E-state index in [4.69, 9.17) is 14.6 Å². The fourth-order valence-corrected chi connectivity index (χ4v) is 3.16. The number of amides is 1. The minimum absolute atomic E-state index is 0.0858. The zero-order valence-corrected chi connectivity index (χ0v) is 16.7. The Kier molecular flexibility index (Phi) is 11.0. The SMILES string of the molecule is CCC(=O)NC(CC[C@@H]1OC(COCC(=O)O)[C@H](O)C(O)C1O)C(O)C(O)CC. The van der Waals surface area contributed by atoms with Crippen molar-refractivity contribution < 1.29 is 49.7 Å². The number of aliphatic carboxylic acids is 1. The van der Waals surface area contributed by atoms with Gasteiger partial charge in [0.15, 0.2) is 0 Å². The van der Waals surface area contributed by atoms with Crippen molar-refractivity contribution in [3.05, 3.63) is 0 Å². The second kappa shape index (κ2) is 12.4. The number of carboxylic acids is 1. The molecule has 0 saturated carbocycles. The van der Waals surface area contributed by atoms with Gasteiger partial charge in [-0.15, -0.1) is 0 Å². The smallest absolute Gasteiger partial charge is 0.329 e. The largest absolute Gasteiger partial charge is 0.480 e. The van der Waals surface area contributed by atoms with Crippen molar-refractivity contribution in [1.29, 1.82) is 0 Å². The van der Waals surface area contributed by atoms with Gasteiger partial charge in [0.2, 0.25) is 5.91 Å². The van der Waals surface area contributed by atoms with Crippen LogP contribution in [0.1, 0.15) is 39.5 Å². The van der Waals surface area contributed by atoms with Crippen molar-refractivity contribution in [2.24, 2.45) is 0 Å². The lowest BCUT2D eigenvalue weighted by molar-refractivity contribution is -0.234. The summed E-state index contributed by atoms with van der Waals surface area (Å²) in [7, 11) is 0. The van der Waals surface area contributed by atoms with E-state index in [1.807, 2.05) is 0 Å². The zero-order chi connectivity index (χ0) is 22.1. The molecule has 0 radical (unpaired) electrons. The summed E-state index contributed by atoms with van der Waals surface area (Å²) < 4.78 is 10.5. The van der Waals surface area contributed by atoms with E-state index in [-0.39, 0.29) is 38.2 Å². The highest BCUT2D eigenvalue weighted by atomic mass is 16.6. The van der Waals surface area contributed by atoms with E-state index in [2.05, 4.69) is 5.32 Å².